The molecule has 1 aromatic rings. The molecule has 0 amide bonds. The van der Waals surface area contributed by atoms with Gasteiger partial charge in [-0.1, -0.05) is 0 Å². The SMILES string of the molecule is Cc1cc(NC2CC2N)cc(C#N)n1. The van der Waals surface area contributed by atoms with Crippen molar-refractivity contribution >= 4 is 5.69 Å². The van der Waals surface area contributed by atoms with Gasteiger partial charge in [-0.25, -0.2) is 4.98 Å². The number of pyridine rings is 1. The van der Waals surface area contributed by atoms with Crippen molar-refractivity contribution in [3.63, 3.8) is 0 Å². The van der Waals surface area contributed by atoms with Gasteiger partial charge in [-0.05, 0) is 25.5 Å². The van der Waals surface area contributed by atoms with Gasteiger partial charge in [-0.2, -0.15) is 5.26 Å². The van der Waals surface area contributed by atoms with E-state index in [2.05, 4.69) is 10.3 Å². The summed E-state index contributed by atoms with van der Waals surface area (Å²) in [6.07, 6.45) is 1.00. The van der Waals surface area contributed by atoms with E-state index in [1.807, 2.05) is 19.1 Å². The van der Waals surface area contributed by atoms with Crippen LogP contribution in [0.2, 0.25) is 0 Å². The molecule has 4 nitrogen and oxygen atoms in total. The Balaban J connectivity index is 2.17. The smallest absolute Gasteiger partial charge is 0.142 e. The Bertz CT molecular complexity index is 394. The second-order valence-corrected chi connectivity index (χ2v) is 3.64. The normalized spacial score (nSPS) is 24.1. The number of nitrogens with one attached hydrogen (secondary N) is 1. The lowest BCUT2D eigenvalue weighted by Crippen LogP contribution is -2.13. The summed E-state index contributed by atoms with van der Waals surface area (Å²) in [6.45, 7) is 1.87. The topological polar surface area (TPSA) is 74.7 Å². The third-order valence-corrected chi connectivity index (χ3v) is 2.26. The lowest BCUT2D eigenvalue weighted by Gasteiger charge is -2.05. The molecule has 4 heteroatoms. The van der Waals surface area contributed by atoms with E-state index in [1.165, 1.54) is 0 Å². The first-order valence-corrected chi connectivity index (χ1v) is 4.60. The number of nitrogens with two attached hydrogens (primary N) is 1. The Morgan fingerprint density at radius 3 is 2.93 bits per heavy atom. The molecule has 2 atom stereocenters. The molecule has 0 aromatic carbocycles. The van der Waals surface area contributed by atoms with Crippen LogP contribution in [0.5, 0.6) is 0 Å². The molecule has 2 unspecified atom stereocenters. The summed E-state index contributed by atoms with van der Waals surface area (Å²) in [5, 5.41) is 12.0. The van der Waals surface area contributed by atoms with Crippen LogP contribution < -0.4 is 11.1 Å². The summed E-state index contributed by atoms with van der Waals surface area (Å²) >= 11 is 0. The molecule has 72 valence electrons. The lowest BCUT2D eigenvalue weighted by molar-refractivity contribution is 1.00. The van der Waals surface area contributed by atoms with E-state index in [0.717, 1.165) is 17.8 Å². The molecule has 1 aromatic heterocycles. The minimum absolute atomic E-state index is 0.258. The van der Waals surface area contributed by atoms with Gasteiger partial charge in [0.15, 0.2) is 0 Å². The Morgan fingerprint density at radius 1 is 1.64 bits per heavy atom. The summed E-state index contributed by atoms with van der Waals surface area (Å²) in [7, 11) is 0. The van der Waals surface area contributed by atoms with Crippen LogP contribution in [0.4, 0.5) is 5.69 Å². The van der Waals surface area contributed by atoms with Crippen molar-refractivity contribution in [2.75, 3.05) is 5.32 Å². The van der Waals surface area contributed by atoms with Crippen LogP contribution in [0, 0.1) is 18.3 Å². The van der Waals surface area contributed by atoms with E-state index in [9.17, 15) is 0 Å². The molecule has 2 rings (SSSR count). The van der Waals surface area contributed by atoms with Crippen LogP contribution in [-0.4, -0.2) is 17.1 Å². The van der Waals surface area contributed by atoms with Gasteiger partial charge in [0.25, 0.3) is 0 Å². The van der Waals surface area contributed by atoms with Crippen molar-refractivity contribution in [1.82, 2.24) is 4.98 Å². The Kier molecular flexibility index (Phi) is 2.10. The van der Waals surface area contributed by atoms with Crippen LogP contribution in [0.1, 0.15) is 17.8 Å². The average Bonchev–Trinajstić information content (AvgIpc) is 2.80. The number of rotatable bonds is 2. The summed E-state index contributed by atoms with van der Waals surface area (Å²) < 4.78 is 0. The highest BCUT2D eigenvalue weighted by Crippen LogP contribution is 2.24. The van der Waals surface area contributed by atoms with Crippen LogP contribution >= 0.6 is 0 Å². The van der Waals surface area contributed by atoms with E-state index in [0.29, 0.717) is 11.7 Å². The standard InChI is InChI=1S/C10H12N4/c1-6-2-7(3-8(5-11)13-6)14-10-4-9(10)12/h2-3,9-10H,4,12H2,1H3,(H,13,14). The zero-order valence-electron chi connectivity index (χ0n) is 7.99. The predicted octanol–water partition coefficient (Wildman–Crippen LogP) is 0.773. The zero-order chi connectivity index (χ0) is 10.1. The molecule has 14 heavy (non-hydrogen) atoms. The monoisotopic (exact) mass is 188 g/mol. The molecule has 3 N–H and O–H groups in total. The van der Waals surface area contributed by atoms with E-state index in [-0.39, 0.29) is 6.04 Å². The van der Waals surface area contributed by atoms with Gasteiger partial charge >= 0.3 is 0 Å². The molecule has 0 aliphatic heterocycles. The van der Waals surface area contributed by atoms with Crippen molar-refractivity contribution < 1.29 is 0 Å². The summed E-state index contributed by atoms with van der Waals surface area (Å²) in [6, 6.07) is 6.32. The number of nitriles is 1. The van der Waals surface area contributed by atoms with Crippen LogP contribution in [0.3, 0.4) is 0 Å². The third-order valence-electron chi connectivity index (χ3n) is 2.26. The minimum atomic E-state index is 0.258. The number of hydrogen-bond acceptors (Lipinski definition) is 4. The average molecular weight is 188 g/mol. The minimum Gasteiger partial charge on any atom is -0.381 e. The first-order valence-electron chi connectivity index (χ1n) is 4.60. The molecule has 0 saturated heterocycles. The number of aromatic nitrogens is 1. The van der Waals surface area contributed by atoms with Gasteiger partial charge in [-0.15, -0.1) is 0 Å². The van der Waals surface area contributed by atoms with E-state index >= 15 is 0 Å². The number of nitrogens with zero attached hydrogens (tertiary/aromatic N) is 2. The van der Waals surface area contributed by atoms with E-state index in [4.69, 9.17) is 11.0 Å². The largest absolute Gasteiger partial charge is 0.381 e. The lowest BCUT2D eigenvalue weighted by atomic mass is 10.3. The number of aryl methyl sites for hydroxylation is 1. The van der Waals surface area contributed by atoms with Crippen molar-refractivity contribution in [2.45, 2.75) is 25.4 Å². The Hall–Kier alpha value is -1.60. The second kappa shape index (κ2) is 3.28. The first-order chi connectivity index (χ1) is 6.69. The molecule has 1 fully saturated rings. The fourth-order valence-corrected chi connectivity index (χ4v) is 1.40. The fourth-order valence-electron chi connectivity index (χ4n) is 1.40. The molecule has 0 bridgehead atoms. The number of anilines is 1. The van der Waals surface area contributed by atoms with Crippen molar-refractivity contribution in [2.24, 2.45) is 5.73 Å². The van der Waals surface area contributed by atoms with Gasteiger partial charge in [0.2, 0.25) is 0 Å². The number of hydrogen-bond donors (Lipinski definition) is 2. The first kappa shape index (κ1) is 8.97. The molecular weight excluding hydrogens is 176 g/mol. The summed E-state index contributed by atoms with van der Waals surface area (Å²) in [5.41, 5.74) is 7.91. The van der Waals surface area contributed by atoms with Crippen molar-refractivity contribution in [3.05, 3.63) is 23.5 Å². The van der Waals surface area contributed by atoms with Crippen LogP contribution in [0.15, 0.2) is 12.1 Å². The second-order valence-electron chi connectivity index (χ2n) is 3.64. The Morgan fingerprint density at radius 2 is 2.36 bits per heavy atom. The quantitative estimate of drug-likeness (QED) is 0.719. The molecule has 1 aliphatic carbocycles. The highest BCUT2D eigenvalue weighted by atomic mass is 15.0. The summed E-state index contributed by atoms with van der Waals surface area (Å²) in [4.78, 5) is 4.07. The molecule has 1 heterocycles. The third kappa shape index (κ3) is 1.83. The van der Waals surface area contributed by atoms with Gasteiger partial charge in [-0.3, -0.25) is 0 Å². The van der Waals surface area contributed by atoms with Gasteiger partial charge < -0.3 is 11.1 Å². The molecule has 0 spiro atoms. The maximum Gasteiger partial charge on any atom is 0.142 e. The van der Waals surface area contributed by atoms with Gasteiger partial charge in [0.1, 0.15) is 11.8 Å². The van der Waals surface area contributed by atoms with Gasteiger partial charge in [0, 0.05) is 23.5 Å². The Labute approximate surface area is 82.8 Å². The van der Waals surface area contributed by atoms with Crippen LogP contribution in [0.25, 0.3) is 0 Å². The molecule has 1 aliphatic rings. The highest BCUT2D eigenvalue weighted by molar-refractivity contribution is 5.50. The molecule has 1 saturated carbocycles. The van der Waals surface area contributed by atoms with E-state index < -0.39 is 0 Å². The molecular formula is C10H12N4. The predicted molar refractivity (Wildman–Crippen MR) is 53.7 cm³/mol. The fraction of sp³-hybridized carbons (Fsp3) is 0.400. The van der Waals surface area contributed by atoms with Crippen molar-refractivity contribution in [3.8, 4) is 6.07 Å². The molecule has 0 radical (unpaired) electrons. The highest BCUT2D eigenvalue weighted by Gasteiger charge is 2.33. The maximum absolute atomic E-state index is 8.72. The van der Waals surface area contributed by atoms with E-state index in [1.54, 1.807) is 6.07 Å². The maximum atomic E-state index is 8.72. The van der Waals surface area contributed by atoms with Gasteiger partial charge in [0.05, 0.1) is 0 Å². The van der Waals surface area contributed by atoms with Crippen LogP contribution in [-0.2, 0) is 0 Å². The summed E-state index contributed by atoms with van der Waals surface area (Å²) in [5.74, 6) is 0. The zero-order valence-corrected chi connectivity index (χ0v) is 7.99. The van der Waals surface area contributed by atoms with Crippen molar-refractivity contribution in [1.29, 1.82) is 5.26 Å².